The van der Waals surface area contributed by atoms with Crippen LogP contribution in [0.3, 0.4) is 0 Å². The smallest absolute Gasteiger partial charge is 0.310 e. The number of benzene rings is 1. The summed E-state index contributed by atoms with van der Waals surface area (Å²) in [6, 6.07) is 7.87. The fourth-order valence-corrected chi connectivity index (χ4v) is 2.09. The van der Waals surface area contributed by atoms with Crippen LogP contribution in [0.1, 0.15) is 30.4 Å². The second-order valence-corrected chi connectivity index (χ2v) is 4.34. The van der Waals surface area contributed by atoms with Crippen molar-refractivity contribution in [3.8, 4) is 0 Å². The molecule has 2 nitrogen and oxygen atoms in total. The molecule has 0 spiro atoms. The van der Waals surface area contributed by atoms with Crippen LogP contribution in [0, 0.1) is 0 Å². The number of aliphatic carboxylic acids is 1. The topological polar surface area (TPSA) is 37.3 Å². The minimum absolute atomic E-state index is 0.367. The molecule has 0 heterocycles. The van der Waals surface area contributed by atoms with E-state index in [9.17, 15) is 4.79 Å². The van der Waals surface area contributed by atoms with Crippen molar-refractivity contribution in [3.05, 3.63) is 35.4 Å². The summed E-state index contributed by atoms with van der Waals surface area (Å²) in [4.78, 5) is 10.9. The van der Waals surface area contributed by atoms with Crippen molar-refractivity contribution >= 4 is 17.7 Å². The van der Waals surface area contributed by atoms with Crippen LogP contribution in [-0.4, -0.2) is 17.3 Å². The number of thioether (sulfide) groups is 1. The van der Waals surface area contributed by atoms with E-state index in [1.165, 1.54) is 5.56 Å². The van der Waals surface area contributed by atoms with Gasteiger partial charge in [0.05, 0.1) is 5.92 Å². The summed E-state index contributed by atoms with van der Waals surface area (Å²) in [6.07, 6.45) is 2.69. The molecule has 0 bridgehead atoms. The molecule has 82 valence electrons. The molecule has 0 aliphatic rings. The standard InChI is InChI=1S/C12H16O2S/c1-3-11(12(13)14)10-6-4-9(5-7-10)8-15-2/h4-7,11H,3,8H2,1-2H3,(H,13,14). The van der Waals surface area contributed by atoms with E-state index in [-0.39, 0.29) is 5.92 Å². The Bertz CT molecular complexity index is 319. The summed E-state index contributed by atoms with van der Waals surface area (Å²) in [6.45, 7) is 1.90. The predicted octanol–water partition coefficient (Wildman–Crippen LogP) is 3.13. The van der Waals surface area contributed by atoms with Gasteiger partial charge in [-0.2, -0.15) is 11.8 Å². The number of hydrogen-bond donors (Lipinski definition) is 1. The van der Waals surface area contributed by atoms with Gasteiger partial charge in [-0.05, 0) is 23.8 Å². The van der Waals surface area contributed by atoms with Crippen molar-refractivity contribution < 1.29 is 9.90 Å². The van der Waals surface area contributed by atoms with Crippen molar-refractivity contribution in [1.82, 2.24) is 0 Å². The number of carboxylic acid groups (broad SMARTS) is 1. The van der Waals surface area contributed by atoms with Crippen LogP contribution >= 0.6 is 11.8 Å². The van der Waals surface area contributed by atoms with Crippen LogP contribution in [0.4, 0.5) is 0 Å². The number of rotatable bonds is 5. The Morgan fingerprint density at radius 2 is 2.00 bits per heavy atom. The van der Waals surface area contributed by atoms with Crippen LogP contribution in [-0.2, 0) is 10.5 Å². The second-order valence-electron chi connectivity index (χ2n) is 3.47. The Labute approximate surface area is 94.7 Å². The molecule has 1 atom stereocenters. The maximum Gasteiger partial charge on any atom is 0.310 e. The van der Waals surface area contributed by atoms with Crippen molar-refractivity contribution in [2.45, 2.75) is 25.0 Å². The van der Waals surface area contributed by atoms with Gasteiger partial charge in [-0.15, -0.1) is 0 Å². The zero-order chi connectivity index (χ0) is 11.3. The van der Waals surface area contributed by atoms with Gasteiger partial charge in [0.25, 0.3) is 0 Å². The van der Waals surface area contributed by atoms with Crippen LogP contribution in [0.2, 0.25) is 0 Å². The number of carboxylic acids is 1. The first kappa shape index (κ1) is 12.1. The van der Waals surface area contributed by atoms with Gasteiger partial charge in [0.15, 0.2) is 0 Å². The van der Waals surface area contributed by atoms with Gasteiger partial charge in [-0.3, -0.25) is 4.79 Å². The summed E-state index contributed by atoms with van der Waals surface area (Å²) in [5, 5.41) is 9.00. The summed E-state index contributed by atoms with van der Waals surface area (Å²) in [5.41, 5.74) is 2.14. The molecule has 0 amide bonds. The molecule has 0 aliphatic carbocycles. The van der Waals surface area contributed by atoms with E-state index >= 15 is 0 Å². The lowest BCUT2D eigenvalue weighted by atomic mass is 9.96. The van der Waals surface area contributed by atoms with E-state index in [4.69, 9.17) is 5.11 Å². The van der Waals surface area contributed by atoms with E-state index in [1.54, 1.807) is 11.8 Å². The van der Waals surface area contributed by atoms with Crippen molar-refractivity contribution in [2.24, 2.45) is 0 Å². The molecule has 1 N–H and O–H groups in total. The molecule has 1 unspecified atom stereocenters. The molecule has 1 aromatic rings. The zero-order valence-corrected chi connectivity index (χ0v) is 9.88. The lowest BCUT2D eigenvalue weighted by molar-refractivity contribution is -0.138. The molecular weight excluding hydrogens is 208 g/mol. The van der Waals surface area contributed by atoms with Gasteiger partial charge in [0, 0.05) is 5.75 Å². The minimum atomic E-state index is -0.741. The lowest BCUT2D eigenvalue weighted by Crippen LogP contribution is -2.10. The number of hydrogen-bond acceptors (Lipinski definition) is 2. The Hall–Kier alpha value is -0.960. The van der Waals surface area contributed by atoms with Crippen molar-refractivity contribution in [1.29, 1.82) is 0 Å². The molecule has 1 aromatic carbocycles. The fourth-order valence-electron chi connectivity index (χ4n) is 1.57. The van der Waals surface area contributed by atoms with Crippen LogP contribution < -0.4 is 0 Å². The Kier molecular flexibility index (Phi) is 4.69. The monoisotopic (exact) mass is 224 g/mol. The second kappa shape index (κ2) is 5.81. The third kappa shape index (κ3) is 3.27. The third-order valence-corrected chi connectivity index (χ3v) is 3.02. The molecule has 1 rings (SSSR count). The Morgan fingerprint density at radius 1 is 1.40 bits per heavy atom. The van der Waals surface area contributed by atoms with E-state index < -0.39 is 5.97 Å². The van der Waals surface area contributed by atoms with Gasteiger partial charge in [0.2, 0.25) is 0 Å². The van der Waals surface area contributed by atoms with Crippen LogP contribution in [0.5, 0.6) is 0 Å². The molecule has 0 saturated carbocycles. The average molecular weight is 224 g/mol. The molecular formula is C12H16O2S. The van der Waals surface area contributed by atoms with Crippen molar-refractivity contribution in [3.63, 3.8) is 0 Å². The van der Waals surface area contributed by atoms with Gasteiger partial charge in [-0.1, -0.05) is 31.2 Å². The highest BCUT2D eigenvalue weighted by Gasteiger charge is 2.16. The van der Waals surface area contributed by atoms with E-state index in [2.05, 4.69) is 6.26 Å². The zero-order valence-electron chi connectivity index (χ0n) is 9.06. The molecule has 0 fully saturated rings. The van der Waals surface area contributed by atoms with Gasteiger partial charge in [0.1, 0.15) is 0 Å². The normalized spacial score (nSPS) is 12.4. The summed E-state index contributed by atoms with van der Waals surface area (Å²) in [5.74, 6) is -0.132. The maximum atomic E-state index is 10.9. The SMILES string of the molecule is CCC(C(=O)O)c1ccc(CSC)cc1. The predicted molar refractivity (Wildman–Crippen MR) is 64.3 cm³/mol. The molecule has 0 aromatic heterocycles. The molecule has 3 heteroatoms. The molecule has 0 radical (unpaired) electrons. The number of carbonyl (C=O) groups is 1. The first-order valence-electron chi connectivity index (χ1n) is 4.99. The van der Waals surface area contributed by atoms with Crippen LogP contribution in [0.25, 0.3) is 0 Å². The van der Waals surface area contributed by atoms with Gasteiger partial charge in [-0.25, -0.2) is 0 Å². The molecule has 0 aliphatic heterocycles. The Balaban J connectivity index is 2.82. The van der Waals surface area contributed by atoms with E-state index in [0.717, 1.165) is 11.3 Å². The molecule has 15 heavy (non-hydrogen) atoms. The minimum Gasteiger partial charge on any atom is -0.481 e. The first-order chi connectivity index (χ1) is 7.19. The van der Waals surface area contributed by atoms with E-state index in [1.807, 2.05) is 31.2 Å². The van der Waals surface area contributed by atoms with Crippen molar-refractivity contribution in [2.75, 3.05) is 6.26 Å². The highest BCUT2D eigenvalue weighted by atomic mass is 32.2. The third-order valence-electron chi connectivity index (χ3n) is 2.40. The quantitative estimate of drug-likeness (QED) is 0.835. The largest absolute Gasteiger partial charge is 0.481 e. The first-order valence-corrected chi connectivity index (χ1v) is 6.39. The average Bonchev–Trinajstić information content (AvgIpc) is 2.21. The highest BCUT2D eigenvalue weighted by Crippen LogP contribution is 2.21. The molecule has 0 saturated heterocycles. The fraction of sp³-hybridized carbons (Fsp3) is 0.417. The lowest BCUT2D eigenvalue weighted by Gasteiger charge is -2.10. The maximum absolute atomic E-state index is 10.9. The van der Waals surface area contributed by atoms with Gasteiger partial charge < -0.3 is 5.11 Å². The summed E-state index contributed by atoms with van der Waals surface area (Å²) in [7, 11) is 0. The van der Waals surface area contributed by atoms with Gasteiger partial charge >= 0.3 is 5.97 Å². The summed E-state index contributed by atoms with van der Waals surface area (Å²) >= 11 is 1.76. The Morgan fingerprint density at radius 3 is 2.40 bits per heavy atom. The van der Waals surface area contributed by atoms with E-state index in [0.29, 0.717) is 6.42 Å². The highest BCUT2D eigenvalue weighted by molar-refractivity contribution is 7.97. The summed E-state index contributed by atoms with van der Waals surface area (Å²) < 4.78 is 0. The van der Waals surface area contributed by atoms with Crippen LogP contribution in [0.15, 0.2) is 24.3 Å².